The molecule has 1 unspecified atom stereocenters. The van der Waals surface area contributed by atoms with E-state index in [2.05, 4.69) is 15.6 Å². The molecule has 1 aliphatic heterocycles. The van der Waals surface area contributed by atoms with E-state index in [4.69, 9.17) is 0 Å². The van der Waals surface area contributed by atoms with Crippen molar-refractivity contribution in [2.75, 3.05) is 31.6 Å². The molecule has 1 atom stereocenters. The first kappa shape index (κ1) is 19.9. The minimum absolute atomic E-state index is 0. The third-order valence-electron chi connectivity index (χ3n) is 3.22. The van der Waals surface area contributed by atoms with E-state index in [-0.39, 0.29) is 29.8 Å². The Balaban J connectivity index is 0.00000242. The van der Waals surface area contributed by atoms with Gasteiger partial charge < -0.3 is 10.6 Å². The number of thioether (sulfide) groups is 2. The average molecular weight is 455 g/mol. The van der Waals surface area contributed by atoms with Gasteiger partial charge in [0.25, 0.3) is 0 Å². The molecule has 1 fully saturated rings. The highest BCUT2D eigenvalue weighted by Crippen LogP contribution is 2.25. The SMILES string of the molecule is CN=C(NCCSc1ccc(F)cc1)NCC1CCCS1.I. The van der Waals surface area contributed by atoms with Crippen molar-refractivity contribution in [1.29, 1.82) is 0 Å². The Morgan fingerprint density at radius 2 is 2.14 bits per heavy atom. The quantitative estimate of drug-likeness (QED) is 0.226. The molecule has 0 radical (unpaired) electrons. The van der Waals surface area contributed by atoms with Crippen LogP contribution in [0, 0.1) is 5.82 Å². The molecule has 1 saturated heterocycles. The van der Waals surface area contributed by atoms with Crippen molar-refractivity contribution >= 4 is 53.5 Å². The summed E-state index contributed by atoms with van der Waals surface area (Å²) in [4.78, 5) is 5.32. The van der Waals surface area contributed by atoms with Crippen LogP contribution in [0.25, 0.3) is 0 Å². The van der Waals surface area contributed by atoms with Crippen LogP contribution in [0.3, 0.4) is 0 Å². The number of hydrogen-bond donors (Lipinski definition) is 2. The molecule has 0 bridgehead atoms. The maximum Gasteiger partial charge on any atom is 0.191 e. The summed E-state index contributed by atoms with van der Waals surface area (Å²) in [5.41, 5.74) is 0. The predicted molar refractivity (Wildman–Crippen MR) is 107 cm³/mol. The van der Waals surface area contributed by atoms with Gasteiger partial charge in [-0.2, -0.15) is 11.8 Å². The topological polar surface area (TPSA) is 36.4 Å². The maximum atomic E-state index is 12.8. The summed E-state index contributed by atoms with van der Waals surface area (Å²) in [6.45, 7) is 1.81. The molecule has 1 heterocycles. The van der Waals surface area contributed by atoms with Gasteiger partial charge in [-0.25, -0.2) is 4.39 Å². The highest BCUT2D eigenvalue weighted by Gasteiger charge is 2.15. The zero-order valence-corrected chi connectivity index (χ0v) is 16.6. The fraction of sp³-hybridized carbons (Fsp3) is 0.533. The number of guanidine groups is 1. The van der Waals surface area contributed by atoms with Crippen molar-refractivity contribution in [1.82, 2.24) is 10.6 Å². The van der Waals surface area contributed by atoms with Gasteiger partial charge in [0.1, 0.15) is 5.82 Å². The number of nitrogens with one attached hydrogen (secondary N) is 2. The first-order valence-corrected chi connectivity index (χ1v) is 9.26. The van der Waals surface area contributed by atoms with Crippen molar-refractivity contribution < 1.29 is 4.39 Å². The van der Waals surface area contributed by atoms with Gasteiger partial charge in [0.15, 0.2) is 5.96 Å². The monoisotopic (exact) mass is 455 g/mol. The summed E-state index contributed by atoms with van der Waals surface area (Å²) in [5, 5.41) is 7.41. The third-order valence-corrected chi connectivity index (χ3v) is 5.63. The Morgan fingerprint density at radius 1 is 1.36 bits per heavy atom. The van der Waals surface area contributed by atoms with Crippen molar-refractivity contribution in [3.63, 3.8) is 0 Å². The van der Waals surface area contributed by atoms with E-state index in [1.165, 1.54) is 30.7 Å². The van der Waals surface area contributed by atoms with Crippen LogP contribution in [-0.4, -0.2) is 42.9 Å². The van der Waals surface area contributed by atoms with Gasteiger partial charge >= 0.3 is 0 Å². The van der Waals surface area contributed by atoms with E-state index >= 15 is 0 Å². The van der Waals surface area contributed by atoms with Gasteiger partial charge in [0.05, 0.1) is 0 Å². The molecule has 1 aromatic carbocycles. The molecule has 7 heteroatoms. The molecule has 124 valence electrons. The maximum absolute atomic E-state index is 12.8. The van der Waals surface area contributed by atoms with Crippen LogP contribution in [0.1, 0.15) is 12.8 Å². The van der Waals surface area contributed by atoms with Crippen LogP contribution >= 0.6 is 47.5 Å². The molecule has 0 amide bonds. The zero-order valence-electron chi connectivity index (χ0n) is 12.7. The minimum atomic E-state index is -0.188. The lowest BCUT2D eigenvalue weighted by atomic mass is 10.2. The molecule has 22 heavy (non-hydrogen) atoms. The summed E-state index contributed by atoms with van der Waals surface area (Å²) in [7, 11) is 1.80. The van der Waals surface area contributed by atoms with Crippen molar-refractivity contribution in [2.45, 2.75) is 23.0 Å². The summed E-state index contributed by atoms with van der Waals surface area (Å²) in [6, 6.07) is 6.61. The Labute approximate surface area is 157 Å². The van der Waals surface area contributed by atoms with E-state index < -0.39 is 0 Å². The van der Waals surface area contributed by atoms with E-state index in [1.54, 1.807) is 18.8 Å². The second-order valence-electron chi connectivity index (χ2n) is 4.82. The average Bonchev–Trinajstić information content (AvgIpc) is 3.02. The van der Waals surface area contributed by atoms with Crippen LogP contribution in [0.4, 0.5) is 4.39 Å². The Hall–Kier alpha value is -0.150. The van der Waals surface area contributed by atoms with Gasteiger partial charge in [-0.3, -0.25) is 4.99 Å². The van der Waals surface area contributed by atoms with Gasteiger partial charge in [-0.05, 0) is 42.9 Å². The number of benzene rings is 1. The first-order chi connectivity index (χ1) is 10.3. The summed E-state index contributed by atoms with van der Waals surface area (Å²) in [5.74, 6) is 2.88. The van der Waals surface area contributed by atoms with Gasteiger partial charge in [0.2, 0.25) is 0 Å². The predicted octanol–water partition coefficient (Wildman–Crippen LogP) is 3.60. The van der Waals surface area contributed by atoms with Crippen LogP contribution in [0.2, 0.25) is 0 Å². The first-order valence-electron chi connectivity index (χ1n) is 7.22. The molecule has 2 rings (SSSR count). The van der Waals surface area contributed by atoms with Crippen LogP contribution in [-0.2, 0) is 0 Å². The summed E-state index contributed by atoms with van der Waals surface area (Å²) in [6.07, 6.45) is 2.63. The van der Waals surface area contributed by atoms with Crippen LogP contribution in [0.5, 0.6) is 0 Å². The zero-order chi connectivity index (χ0) is 14.9. The molecule has 1 aliphatic rings. The highest BCUT2D eigenvalue weighted by atomic mass is 127. The highest BCUT2D eigenvalue weighted by molar-refractivity contribution is 14.0. The van der Waals surface area contributed by atoms with E-state index in [0.29, 0.717) is 0 Å². The number of halogens is 2. The Morgan fingerprint density at radius 3 is 2.77 bits per heavy atom. The van der Waals surface area contributed by atoms with Crippen molar-refractivity contribution in [3.05, 3.63) is 30.1 Å². The lowest BCUT2D eigenvalue weighted by Crippen LogP contribution is -2.41. The van der Waals surface area contributed by atoms with E-state index in [9.17, 15) is 4.39 Å². The van der Waals surface area contributed by atoms with Crippen molar-refractivity contribution in [2.24, 2.45) is 4.99 Å². The second kappa shape index (κ2) is 11.4. The largest absolute Gasteiger partial charge is 0.356 e. The number of aliphatic imine (C=N–C) groups is 1. The van der Waals surface area contributed by atoms with E-state index in [1.807, 2.05) is 23.9 Å². The third kappa shape index (κ3) is 7.41. The molecule has 3 nitrogen and oxygen atoms in total. The normalized spacial score (nSPS) is 17.9. The van der Waals surface area contributed by atoms with Gasteiger partial charge in [-0.15, -0.1) is 35.7 Å². The van der Waals surface area contributed by atoms with Crippen LogP contribution < -0.4 is 10.6 Å². The minimum Gasteiger partial charge on any atom is -0.356 e. The Bertz CT molecular complexity index is 451. The number of nitrogens with zero attached hydrogens (tertiary/aromatic N) is 1. The molecule has 0 aromatic heterocycles. The Kier molecular flexibility index (Phi) is 10.3. The molecule has 2 N–H and O–H groups in total. The lowest BCUT2D eigenvalue weighted by molar-refractivity contribution is 0.626. The summed E-state index contributed by atoms with van der Waals surface area (Å²) >= 11 is 3.75. The smallest absolute Gasteiger partial charge is 0.191 e. The van der Waals surface area contributed by atoms with Gasteiger partial charge in [-0.1, -0.05) is 0 Å². The lowest BCUT2D eigenvalue weighted by Gasteiger charge is -2.14. The van der Waals surface area contributed by atoms with Gasteiger partial charge in [0, 0.05) is 36.0 Å². The second-order valence-corrected chi connectivity index (χ2v) is 7.39. The van der Waals surface area contributed by atoms with Crippen molar-refractivity contribution in [3.8, 4) is 0 Å². The molecule has 1 aromatic rings. The fourth-order valence-corrected chi connectivity index (χ4v) is 4.08. The van der Waals surface area contributed by atoms with Crippen LogP contribution in [0.15, 0.2) is 34.2 Å². The fourth-order valence-electron chi connectivity index (χ4n) is 2.11. The standard InChI is InChI=1S/C15H22FN3S2.HI/c1-17-15(19-11-14-3-2-9-20-14)18-8-10-21-13-6-4-12(16)5-7-13;/h4-7,14H,2-3,8-11H2,1H3,(H2,17,18,19);1H. The number of hydrogen-bond acceptors (Lipinski definition) is 3. The molecule has 0 saturated carbocycles. The molecule has 0 spiro atoms. The molecule has 0 aliphatic carbocycles. The molecular weight excluding hydrogens is 432 g/mol. The number of rotatable bonds is 6. The van der Waals surface area contributed by atoms with E-state index in [0.717, 1.165) is 34.9 Å². The summed E-state index contributed by atoms with van der Waals surface area (Å²) < 4.78 is 12.8. The molecular formula is C15H23FIN3S2.